The number of amides is 1. The molecular weight excluding hydrogens is 198 g/mol. The number of rotatable bonds is 2. The van der Waals surface area contributed by atoms with Crippen molar-refractivity contribution in [2.75, 3.05) is 0 Å². The first kappa shape index (κ1) is 10.6. The molecule has 1 N–H and O–H groups in total. The minimum atomic E-state index is 0.0532. The van der Waals surface area contributed by atoms with Gasteiger partial charge in [-0.05, 0) is 61.7 Å². The van der Waals surface area contributed by atoms with Crippen molar-refractivity contribution in [2.24, 2.45) is 22.7 Å². The van der Waals surface area contributed by atoms with Gasteiger partial charge in [-0.2, -0.15) is 0 Å². The molecule has 2 bridgehead atoms. The fraction of sp³-hybridized carbons (Fsp3) is 0.929. The first-order valence-electron chi connectivity index (χ1n) is 6.60. The van der Waals surface area contributed by atoms with Crippen LogP contribution in [0.2, 0.25) is 0 Å². The number of carbonyl (C=O) groups excluding carboxylic acids is 1. The van der Waals surface area contributed by atoms with E-state index in [1.54, 1.807) is 0 Å². The number of nitrogens with one attached hydrogen (secondary N) is 1. The molecule has 0 heterocycles. The molecule has 0 aromatic carbocycles. The maximum atomic E-state index is 10.8. The SMILES string of the molecule is CC12CC3C(CC(C)(NC=O)C1)CC3(C)C2. The van der Waals surface area contributed by atoms with Gasteiger partial charge in [-0.1, -0.05) is 13.8 Å². The summed E-state index contributed by atoms with van der Waals surface area (Å²) in [5, 5.41) is 3.10. The Hall–Kier alpha value is -0.530. The predicted octanol–water partition coefficient (Wildman–Crippen LogP) is 2.73. The van der Waals surface area contributed by atoms with Crippen molar-refractivity contribution in [3.05, 3.63) is 0 Å². The lowest BCUT2D eigenvalue weighted by molar-refractivity contribution is -0.112. The molecule has 0 aliphatic heterocycles. The maximum absolute atomic E-state index is 10.8. The van der Waals surface area contributed by atoms with E-state index in [2.05, 4.69) is 26.1 Å². The van der Waals surface area contributed by atoms with Crippen molar-refractivity contribution >= 4 is 6.41 Å². The largest absolute Gasteiger partial charge is 0.353 e. The highest BCUT2D eigenvalue weighted by molar-refractivity contribution is 5.48. The minimum absolute atomic E-state index is 0.0532. The van der Waals surface area contributed by atoms with E-state index in [0.717, 1.165) is 18.2 Å². The average molecular weight is 221 g/mol. The molecule has 3 fully saturated rings. The zero-order valence-corrected chi connectivity index (χ0v) is 10.7. The van der Waals surface area contributed by atoms with Crippen molar-refractivity contribution in [1.29, 1.82) is 0 Å². The van der Waals surface area contributed by atoms with Gasteiger partial charge in [0, 0.05) is 5.54 Å². The fourth-order valence-electron chi connectivity index (χ4n) is 5.69. The van der Waals surface area contributed by atoms with Gasteiger partial charge in [0.1, 0.15) is 0 Å². The van der Waals surface area contributed by atoms with E-state index >= 15 is 0 Å². The van der Waals surface area contributed by atoms with Gasteiger partial charge in [-0.3, -0.25) is 4.79 Å². The Kier molecular flexibility index (Phi) is 1.88. The lowest BCUT2D eigenvalue weighted by Crippen LogP contribution is -2.52. The van der Waals surface area contributed by atoms with Gasteiger partial charge >= 0.3 is 0 Å². The number of hydrogen-bond donors (Lipinski definition) is 1. The van der Waals surface area contributed by atoms with Crippen LogP contribution >= 0.6 is 0 Å². The van der Waals surface area contributed by atoms with Crippen LogP contribution in [0.15, 0.2) is 0 Å². The molecule has 0 spiro atoms. The Labute approximate surface area is 98.2 Å². The lowest BCUT2D eigenvalue weighted by Gasteiger charge is -2.53. The van der Waals surface area contributed by atoms with Crippen molar-refractivity contribution < 1.29 is 4.79 Å². The van der Waals surface area contributed by atoms with Gasteiger partial charge in [0.2, 0.25) is 6.41 Å². The molecule has 3 rings (SSSR count). The molecule has 3 aliphatic carbocycles. The molecule has 3 aliphatic rings. The van der Waals surface area contributed by atoms with E-state index in [1.165, 1.54) is 32.1 Å². The molecule has 0 saturated heterocycles. The molecule has 0 radical (unpaired) electrons. The second-order valence-electron chi connectivity index (χ2n) is 7.62. The molecule has 2 nitrogen and oxygen atoms in total. The molecular formula is C14H23NO. The van der Waals surface area contributed by atoms with Crippen LogP contribution in [0.3, 0.4) is 0 Å². The van der Waals surface area contributed by atoms with E-state index in [-0.39, 0.29) is 5.54 Å². The Bertz CT molecular complexity index is 342. The van der Waals surface area contributed by atoms with Gasteiger partial charge in [0.25, 0.3) is 0 Å². The lowest BCUT2D eigenvalue weighted by atomic mass is 9.53. The number of fused-ring (bicyclic) bond motifs is 1. The summed E-state index contributed by atoms with van der Waals surface area (Å²) < 4.78 is 0. The third-order valence-electron chi connectivity index (χ3n) is 5.67. The summed E-state index contributed by atoms with van der Waals surface area (Å²) >= 11 is 0. The van der Waals surface area contributed by atoms with Crippen LogP contribution in [0.25, 0.3) is 0 Å². The summed E-state index contributed by atoms with van der Waals surface area (Å²) in [5.41, 5.74) is 1.16. The molecule has 16 heavy (non-hydrogen) atoms. The maximum Gasteiger partial charge on any atom is 0.207 e. The summed E-state index contributed by atoms with van der Waals surface area (Å²) in [6, 6.07) is 0. The van der Waals surface area contributed by atoms with E-state index in [0.29, 0.717) is 10.8 Å². The van der Waals surface area contributed by atoms with Crippen LogP contribution in [0.1, 0.15) is 52.9 Å². The summed E-state index contributed by atoms with van der Waals surface area (Å²) in [7, 11) is 0. The van der Waals surface area contributed by atoms with E-state index < -0.39 is 0 Å². The quantitative estimate of drug-likeness (QED) is 0.714. The minimum Gasteiger partial charge on any atom is -0.353 e. The number of hydrogen-bond acceptors (Lipinski definition) is 1. The molecule has 2 heteroatoms. The monoisotopic (exact) mass is 221 g/mol. The average Bonchev–Trinajstić information content (AvgIpc) is 2.24. The highest BCUT2D eigenvalue weighted by atomic mass is 16.1. The van der Waals surface area contributed by atoms with Crippen molar-refractivity contribution in [1.82, 2.24) is 5.32 Å². The van der Waals surface area contributed by atoms with Gasteiger partial charge in [0.05, 0.1) is 0 Å². The van der Waals surface area contributed by atoms with Gasteiger partial charge in [0.15, 0.2) is 0 Å². The third kappa shape index (κ3) is 1.28. The van der Waals surface area contributed by atoms with Gasteiger partial charge in [-0.15, -0.1) is 0 Å². The van der Waals surface area contributed by atoms with Crippen LogP contribution in [0.5, 0.6) is 0 Å². The summed E-state index contributed by atoms with van der Waals surface area (Å²) in [5.74, 6) is 1.81. The van der Waals surface area contributed by atoms with Crippen LogP contribution < -0.4 is 5.32 Å². The van der Waals surface area contributed by atoms with Gasteiger partial charge < -0.3 is 5.32 Å². The first-order chi connectivity index (χ1) is 7.38. The van der Waals surface area contributed by atoms with Crippen LogP contribution in [0, 0.1) is 22.7 Å². The fourth-order valence-corrected chi connectivity index (χ4v) is 5.69. The summed E-state index contributed by atoms with van der Waals surface area (Å²) in [6.45, 7) is 7.15. The van der Waals surface area contributed by atoms with Gasteiger partial charge in [-0.25, -0.2) is 0 Å². The molecule has 5 unspecified atom stereocenters. The van der Waals surface area contributed by atoms with Crippen molar-refractivity contribution in [2.45, 2.75) is 58.4 Å². The van der Waals surface area contributed by atoms with E-state index in [4.69, 9.17) is 0 Å². The standard InChI is InChI=1S/C14H23NO/c1-12-6-11-10(4-13(11,2)7-12)5-14(3,8-12)15-9-16/h9-11H,4-8H2,1-3H3,(H,15,16). The smallest absolute Gasteiger partial charge is 0.207 e. The number of carbonyl (C=O) groups is 1. The first-order valence-corrected chi connectivity index (χ1v) is 6.60. The Morgan fingerprint density at radius 3 is 2.56 bits per heavy atom. The third-order valence-corrected chi connectivity index (χ3v) is 5.67. The summed E-state index contributed by atoms with van der Waals surface area (Å²) in [6.07, 6.45) is 7.42. The predicted molar refractivity (Wildman–Crippen MR) is 63.9 cm³/mol. The molecule has 0 aromatic heterocycles. The molecule has 5 atom stereocenters. The normalized spacial score (nSPS) is 58.7. The highest BCUT2D eigenvalue weighted by Gasteiger charge is 2.63. The second kappa shape index (κ2) is 2.83. The highest BCUT2D eigenvalue weighted by Crippen LogP contribution is 2.71. The Morgan fingerprint density at radius 2 is 1.88 bits per heavy atom. The van der Waals surface area contributed by atoms with E-state index in [9.17, 15) is 4.79 Å². The van der Waals surface area contributed by atoms with E-state index in [1.807, 2.05) is 0 Å². The zero-order chi connectivity index (χ0) is 11.6. The summed E-state index contributed by atoms with van der Waals surface area (Å²) in [4.78, 5) is 10.8. The Morgan fingerprint density at radius 1 is 1.12 bits per heavy atom. The second-order valence-corrected chi connectivity index (χ2v) is 7.62. The molecule has 0 aromatic rings. The van der Waals surface area contributed by atoms with Crippen LogP contribution in [-0.4, -0.2) is 11.9 Å². The molecule has 90 valence electrons. The topological polar surface area (TPSA) is 29.1 Å². The van der Waals surface area contributed by atoms with Crippen LogP contribution in [-0.2, 0) is 4.79 Å². The zero-order valence-electron chi connectivity index (χ0n) is 10.7. The molecule has 1 amide bonds. The van der Waals surface area contributed by atoms with Crippen molar-refractivity contribution in [3.63, 3.8) is 0 Å². The van der Waals surface area contributed by atoms with Crippen LogP contribution in [0.4, 0.5) is 0 Å². The van der Waals surface area contributed by atoms with Crippen molar-refractivity contribution in [3.8, 4) is 0 Å². The Balaban J connectivity index is 1.90. The molecule has 3 saturated carbocycles.